The molecule has 204 valence electrons. The Labute approximate surface area is 216 Å². The highest BCUT2D eigenvalue weighted by molar-refractivity contribution is 7.98. The standard InChI is InChI=1S/C23H41N7O5S/c1-14(2)10-19(30-20(31)16(25)11-15-12-26-13-27-15)22(33)28-17(7-9-36-3)21(32)29-18(23(34)35)6-4-5-8-24/h12-14,16-19H,4-11,24-25H2,1-3H3,(H,26,27)(H,28,33)(H,29,32)(H,30,31)(H,34,35). The molecule has 9 N–H and O–H groups in total. The normalized spacial score (nSPS) is 14.5. The van der Waals surface area contributed by atoms with Crippen molar-refractivity contribution in [3.8, 4) is 0 Å². The van der Waals surface area contributed by atoms with E-state index in [-0.39, 0.29) is 18.8 Å². The van der Waals surface area contributed by atoms with Gasteiger partial charge in [-0.25, -0.2) is 9.78 Å². The predicted octanol–water partition coefficient (Wildman–Crippen LogP) is -0.253. The van der Waals surface area contributed by atoms with E-state index in [1.54, 1.807) is 6.20 Å². The van der Waals surface area contributed by atoms with Gasteiger partial charge in [0, 0.05) is 18.3 Å². The number of hydrogen-bond donors (Lipinski definition) is 7. The van der Waals surface area contributed by atoms with Crippen molar-refractivity contribution in [2.24, 2.45) is 17.4 Å². The fourth-order valence-corrected chi connectivity index (χ4v) is 3.98. The van der Waals surface area contributed by atoms with Crippen LogP contribution >= 0.6 is 11.8 Å². The molecule has 4 unspecified atom stereocenters. The lowest BCUT2D eigenvalue weighted by Gasteiger charge is -2.26. The van der Waals surface area contributed by atoms with E-state index in [0.717, 1.165) is 0 Å². The molecule has 0 aliphatic heterocycles. The molecule has 1 heterocycles. The van der Waals surface area contributed by atoms with Gasteiger partial charge in [-0.15, -0.1) is 0 Å². The Morgan fingerprint density at radius 1 is 1.03 bits per heavy atom. The predicted molar refractivity (Wildman–Crippen MR) is 139 cm³/mol. The summed E-state index contributed by atoms with van der Waals surface area (Å²) in [6.07, 6.45) is 7.22. The first kappa shape index (κ1) is 31.4. The van der Waals surface area contributed by atoms with Crippen molar-refractivity contribution in [1.82, 2.24) is 25.9 Å². The van der Waals surface area contributed by atoms with Crippen LogP contribution in [-0.2, 0) is 25.6 Å². The Morgan fingerprint density at radius 3 is 2.22 bits per heavy atom. The van der Waals surface area contributed by atoms with E-state index >= 15 is 0 Å². The van der Waals surface area contributed by atoms with E-state index in [1.165, 1.54) is 18.1 Å². The highest BCUT2D eigenvalue weighted by Crippen LogP contribution is 2.09. The molecule has 0 bridgehead atoms. The number of aromatic amines is 1. The summed E-state index contributed by atoms with van der Waals surface area (Å²) in [5, 5.41) is 17.4. The molecule has 0 aliphatic rings. The smallest absolute Gasteiger partial charge is 0.326 e. The second kappa shape index (κ2) is 16.9. The van der Waals surface area contributed by atoms with E-state index in [4.69, 9.17) is 11.5 Å². The first-order valence-electron chi connectivity index (χ1n) is 12.1. The van der Waals surface area contributed by atoms with Crippen molar-refractivity contribution < 1.29 is 24.3 Å². The van der Waals surface area contributed by atoms with Crippen LogP contribution in [0, 0.1) is 5.92 Å². The Hall–Kier alpha value is -2.64. The van der Waals surface area contributed by atoms with Crippen LogP contribution in [0.3, 0.4) is 0 Å². The Balaban J connectivity index is 2.89. The fraction of sp³-hybridized carbons (Fsp3) is 0.696. The van der Waals surface area contributed by atoms with Crippen LogP contribution in [-0.4, -0.2) is 81.5 Å². The first-order chi connectivity index (χ1) is 17.1. The van der Waals surface area contributed by atoms with Gasteiger partial charge in [-0.2, -0.15) is 11.8 Å². The molecule has 3 amide bonds. The largest absolute Gasteiger partial charge is 0.480 e. The minimum Gasteiger partial charge on any atom is -0.480 e. The number of carbonyl (C=O) groups is 4. The Bertz CT molecular complexity index is 822. The van der Waals surface area contributed by atoms with E-state index in [9.17, 15) is 24.3 Å². The van der Waals surface area contributed by atoms with Crippen molar-refractivity contribution in [3.05, 3.63) is 18.2 Å². The number of nitrogens with two attached hydrogens (primary N) is 2. The first-order valence-corrected chi connectivity index (χ1v) is 13.5. The summed E-state index contributed by atoms with van der Waals surface area (Å²) in [7, 11) is 0. The maximum absolute atomic E-state index is 13.2. The third-order valence-electron chi connectivity index (χ3n) is 5.48. The summed E-state index contributed by atoms with van der Waals surface area (Å²) in [6.45, 7) is 4.25. The van der Waals surface area contributed by atoms with Gasteiger partial charge in [0.05, 0.1) is 12.4 Å². The molecule has 0 saturated heterocycles. The number of thioether (sulfide) groups is 1. The van der Waals surface area contributed by atoms with Crippen molar-refractivity contribution in [1.29, 1.82) is 0 Å². The second-order valence-corrected chi connectivity index (χ2v) is 10.1. The minimum absolute atomic E-state index is 0.0716. The molecule has 0 aromatic carbocycles. The molecule has 1 aromatic rings. The summed E-state index contributed by atoms with van der Waals surface area (Å²) in [4.78, 5) is 57.2. The zero-order valence-electron chi connectivity index (χ0n) is 21.3. The number of H-pyrrole nitrogens is 1. The topological polar surface area (TPSA) is 205 Å². The molecule has 1 rings (SSSR count). The van der Waals surface area contributed by atoms with Gasteiger partial charge in [-0.05, 0) is 56.6 Å². The number of carboxylic acid groups (broad SMARTS) is 1. The molecule has 13 heteroatoms. The molecule has 0 spiro atoms. The Kier molecular flexibility index (Phi) is 14.8. The molecular formula is C23H41N7O5S. The zero-order valence-corrected chi connectivity index (χ0v) is 22.1. The molecule has 0 aliphatic carbocycles. The van der Waals surface area contributed by atoms with Gasteiger partial charge in [0.25, 0.3) is 0 Å². The molecule has 12 nitrogen and oxygen atoms in total. The van der Waals surface area contributed by atoms with Crippen LogP contribution in [0.5, 0.6) is 0 Å². The maximum Gasteiger partial charge on any atom is 0.326 e. The molecule has 36 heavy (non-hydrogen) atoms. The summed E-state index contributed by atoms with van der Waals surface area (Å²) < 4.78 is 0. The third-order valence-corrected chi connectivity index (χ3v) is 6.12. The summed E-state index contributed by atoms with van der Waals surface area (Å²) in [5.41, 5.74) is 12.2. The molecule has 4 atom stereocenters. The molecule has 0 radical (unpaired) electrons. The van der Waals surface area contributed by atoms with E-state index in [1.807, 2.05) is 20.1 Å². The maximum atomic E-state index is 13.2. The summed E-state index contributed by atoms with van der Waals surface area (Å²) in [5.74, 6) is -2.11. The molecule has 0 saturated carbocycles. The lowest BCUT2D eigenvalue weighted by Crippen LogP contribution is -2.57. The number of unbranched alkanes of at least 4 members (excludes halogenated alkanes) is 1. The second-order valence-electron chi connectivity index (χ2n) is 9.10. The molecule has 1 aromatic heterocycles. The van der Waals surface area contributed by atoms with Crippen molar-refractivity contribution in [2.75, 3.05) is 18.6 Å². The van der Waals surface area contributed by atoms with Crippen LogP contribution < -0.4 is 27.4 Å². The monoisotopic (exact) mass is 527 g/mol. The van der Waals surface area contributed by atoms with E-state index < -0.39 is 47.9 Å². The van der Waals surface area contributed by atoms with Crippen molar-refractivity contribution in [2.45, 2.75) is 76.5 Å². The third kappa shape index (κ3) is 11.9. The lowest BCUT2D eigenvalue weighted by molar-refractivity contribution is -0.142. The lowest BCUT2D eigenvalue weighted by atomic mass is 10.0. The highest BCUT2D eigenvalue weighted by Gasteiger charge is 2.30. The number of nitrogens with zero attached hydrogens (tertiary/aromatic N) is 1. The van der Waals surface area contributed by atoms with Gasteiger partial charge >= 0.3 is 5.97 Å². The number of nitrogens with one attached hydrogen (secondary N) is 4. The fourth-order valence-electron chi connectivity index (χ4n) is 3.51. The van der Waals surface area contributed by atoms with Crippen LogP contribution in [0.15, 0.2) is 12.5 Å². The molecular weight excluding hydrogens is 486 g/mol. The van der Waals surface area contributed by atoms with Crippen molar-refractivity contribution in [3.63, 3.8) is 0 Å². The van der Waals surface area contributed by atoms with E-state index in [0.29, 0.717) is 43.7 Å². The quantitative estimate of drug-likeness (QED) is 0.125. The number of aliphatic carboxylic acids is 1. The average Bonchev–Trinajstić information content (AvgIpc) is 3.33. The number of amides is 3. The summed E-state index contributed by atoms with van der Waals surface area (Å²) >= 11 is 1.50. The number of imidazole rings is 1. The Morgan fingerprint density at radius 2 is 1.67 bits per heavy atom. The van der Waals surface area contributed by atoms with Gasteiger partial charge in [0.15, 0.2) is 0 Å². The van der Waals surface area contributed by atoms with Crippen LogP contribution in [0.1, 0.15) is 51.6 Å². The number of hydrogen-bond acceptors (Lipinski definition) is 8. The van der Waals surface area contributed by atoms with Crippen molar-refractivity contribution >= 4 is 35.5 Å². The van der Waals surface area contributed by atoms with Crippen LogP contribution in [0.2, 0.25) is 0 Å². The number of carbonyl (C=O) groups excluding carboxylic acids is 3. The number of carboxylic acids is 1. The highest BCUT2D eigenvalue weighted by atomic mass is 32.2. The van der Waals surface area contributed by atoms with Crippen LogP contribution in [0.4, 0.5) is 0 Å². The van der Waals surface area contributed by atoms with E-state index in [2.05, 4.69) is 25.9 Å². The SMILES string of the molecule is CSCCC(NC(=O)C(CC(C)C)NC(=O)C(N)Cc1cnc[nH]1)C(=O)NC(CCCCN)C(=O)O. The van der Waals surface area contributed by atoms with Gasteiger partial charge in [0.2, 0.25) is 17.7 Å². The van der Waals surface area contributed by atoms with Gasteiger partial charge in [-0.3, -0.25) is 14.4 Å². The zero-order chi connectivity index (χ0) is 27.1. The molecule has 0 fully saturated rings. The van der Waals surface area contributed by atoms with Crippen LogP contribution in [0.25, 0.3) is 0 Å². The average molecular weight is 528 g/mol. The van der Waals surface area contributed by atoms with Gasteiger partial charge in [0.1, 0.15) is 18.1 Å². The van der Waals surface area contributed by atoms with Gasteiger partial charge < -0.3 is 37.5 Å². The number of aromatic nitrogens is 2. The minimum atomic E-state index is -1.15. The summed E-state index contributed by atoms with van der Waals surface area (Å²) in [6, 6.07) is -3.83. The van der Waals surface area contributed by atoms with Gasteiger partial charge in [-0.1, -0.05) is 13.8 Å². The number of rotatable bonds is 18.